The topological polar surface area (TPSA) is 43.4 Å². The average molecular weight is 304 g/mol. The van der Waals surface area contributed by atoms with Crippen LogP contribution in [0.4, 0.5) is 0 Å². The molecule has 0 fully saturated rings. The van der Waals surface area contributed by atoms with Crippen molar-refractivity contribution in [3.8, 4) is 16.9 Å². The summed E-state index contributed by atoms with van der Waals surface area (Å²) in [7, 11) is -3.17. The number of hydrogen-bond donors (Lipinski definition) is 0. The second-order valence-electron chi connectivity index (χ2n) is 4.91. The van der Waals surface area contributed by atoms with Gasteiger partial charge in [-0.05, 0) is 48.7 Å². The molecule has 0 aromatic heterocycles. The first kappa shape index (κ1) is 15.6. The molecule has 4 heteroatoms. The van der Waals surface area contributed by atoms with Crippen LogP contribution in [0, 0.1) is 0 Å². The van der Waals surface area contributed by atoms with Gasteiger partial charge in [-0.3, -0.25) is 0 Å². The Labute approximate surface area is 126 Å². The van der Waals surface area contributed by atoms with Gasteiger partial charge in [-0.2, -0.15) is 0 Å². The van der Waals surface area contributed by atoms with E-state index in [-0.39, 0.29) is 0 Å². The second-order valence-corrected chi connectivity index (χ2v) is 6.93. The van der Waals surface area contributed by atoms with Crippen LogP contribution < -0.4 is 4.74 Å². The van der Waals surface area contributed by atoms with Crippen molar-refractivity contribution in [3.63, 3.8) is 0 Å². The van der Waals surface area contributed by atoms with Gasteiger partial charge < -0.3 is 4.74 Å². The summed E-state index contributed by atoms with van der Waals surface area (Å²) in [5.41, 5.74) is 3.18. The van der Waals surface area contributed by atoms with Crippen molar-refractivity contribution in [2.45, 2.75) is 25.2 Å². The number of hydrogen-bond acceptors (Lipinski definition) is 3. The minimum Gasteiger partial charge on any atom is -0.493 e. The van der Waals surface area contributed by atoms with Crippen molar-refractivity contribution in [2.75, 3.05) is 12.9 Å². The number of ether oxygens (including phenoxy) is 1. The predicted molar refractivity (Wildman–Crippen MR) is 85.5 cm³/mol. The Morgan fingerprint density at radius 3 is 2.19 bits per heavy atom. The fourth-order valence-electron chi connectivity index (χ4n) is 2.19. The third-order valence-electron chi connectivity index (χ3n) is 3.35. The molecule has 21 heavy (non-hydrogen) atoms. The fraction of sp³-hybridized carbons (Fsp3) is 0.294. The Balaban J connectivity index is 2.49. The summed E-state index contributed by atoms with van der Waals surface area (Å²) in [5, 5.41) is 0. The lowest BCUT2D eigenvalue weighted by Gasteiger charge is -2.12. The minimum absolute atomic E-state index is 0.329. The summed E-state index contributed by atoms with van der Waals surface area (Å²) in [6.45, 7) is 4.65. The molecule has 2 aromatic rings. The molecule has 0 aliphatic heterocycles. The molecule has 112 valence electrons. The lowest BCUT2D eigenvalue weighted by molar-refractivity contribution is 0.341. The quantitative estimate of drug-likeness (QED) is 0.845. The van der Waals surface area contributed by atoms with Crippen LogP contribution in [-0.2, 0) is 16.3 Å². The Hall–Kier alpha value is -1.81. The van der Waals surface area contributed by atoms with E-state index in [2.05, 4.69) is 19.1 Å². The van der Waals surface area contributed by atoms with E-state index in [0.717, 1.165) is 23.3 Å². The highest BCUT2D eigenvalue weighted by atomic mass is 32.2. The molecule has 0 bridgehead atoms. The van der Waals surface area contributed by atoms with E-state index in [1.54, 1.807) is 12.1 Å². The van der Waals surface area contributed by atoms with Gasteiger partial charge in [-0.25, -0.2) is 8.42 Å². The number of aryl methyl sites for hydroxylation is 1. The van der Waals surface area contributed by atoms with Crippen LogP contribution in [-0.4, -0.2) is 21.3 Å². The molecule has 0 saturated carbocycles. The summed E-state index contributed by atoms with van der Waals surface area (Å²) >= 11 is 0. The summed E-state index contributed by atoms with van der Waals surface area (Å²) in [5.74, 6) is 0.821. The van der Waals surface area contributed by atoms with Gasteiger partial charge in [-0.1, -0.05) is 25.1 Å². The van der Waals surface area contributed by atoms with Crippen LogP contribution in [0.3, 0.4) is 0 Å². The molecule has 0 heterocycles. The van der Waals surface area contributed by atoms with Crippen molar-refractivity contribution >= 4 is 9.84 Å². The van der Waals surface area contributed by atoms with Crippen molar-refractivity contribution in [3.05, 3.63) is 48.0 Å². The highest BCUT2D eigenvalue weighted by Crippen LogP contribution is 2.32. The molecule has 3 nitrogen and oxygen atoms in total. The monoisotopic (exact) mass is 304 g/mol. The predicted octanol–water partition coefficient (Wildman–Crippen LogP) is 3.72. The van der Waals surface area contributed by atoms with Crippen LogP contribution in [0.5, 0.6) is 5.75 Å². The molecule has 0 radical (unpaired) electrons. The smallest absolute Gasteiger partial charge is 0.175 e. The minimum atomic E-state index is -3.17. The molecule has 0 spiro atoms. The van der Waals surface area contributed by atoms with Crippen molar-refractivity contribution in [2.24, 2.45) is 0 Å². The fourth-order valence-corrected chi connectivity index (χ4v) is 2.82. The van der Waals surface area contributed by atoms with Crippen LogP contribution in [0.1, 0.15) is 19.4 Å². The maximum atomic E-state index is 11.5. The molecule has 0 aliphatic carbocycles. The summed E-state index contributed by atoms with van der Waals surface area (Å²) in [4.78, 5) is 0.329. The highest BCUT2D eigenvalue weighted by Gasteiger charge is 2.10. The maximum Gasteiger partial charge on any atom is 0.175 e. The Morgan fingerprint density at radius 1 is 1.00 bits per heavy atom. The van der Waals surface area contributed by atoms with E-state index >= 15 is 0 Å². The van der Waals surface area contributed by atoms with E-state index in [1.807, 2.05) is 25.1 Å². The molecule has 2 aromatic carbocycles. The van der Waals surface area contributed by atoms with E-state index < -0.39 is 9.84 Å². The lowest BCUT2D eigenvalue weighted by Crippen LogP contribution is -1.97. The summed E-state index contributed by atoms with van der Waals surface area (Å²) in [6.07, 6.45) is 2.16. The van der Waals surface area contributed by atoms with Gasteiger partial charge in [0.05, 0.1) is 11.5 Å². The van der Waals surface area contributed by atoms with Crippen molar-refractivity contribution < 1.29 is 13.2 Å². The Morgan fingerprint density at radius 2 is 1.67 bits per heavy atom. The zero-order chi connectivity index (χ0) is 15.5. The molecule has 0 atom stereocenters. The van der Waals surface area contributed by atoms with Crippen LogP contribution in [0.15, 0.2) is 47.4 Å². The molecule has 0 aliphatic rings. The maximum absolute atomic E-state index is 11.5. The number of rotatable bonds is 5. The molecular formula is C17H20O3S. The van der Waals surface area contributed by atoms with E-state index in [9.17, 15) is 8.42 Å². The van der Waals surface area contributed by atoms with Gasteiger partial charge >= 0.3 is 0 Å². The molecule has 0 saturated heterocycles. The molecule has 2 rings (SSSR count). The normalized spacial score (nSPS) is 11.4. The first-order valence-electron chi connectivity index (χ1n) is 7.02. The second kappa shape index (κ2) is 6.31. The van der Waals surface area contributed by atoms with Gasteiger partial charge in [0.25, 0.3) is 0 Å². The van der Waals surface area contributed by atoms with Crippen LogP contribution in [0.25, 0.3) is 11.1 Å². The third kappa shape index (κ3) is 3.64. The average Bonchev–Trinajstić information content (AvgIpc) is 2.47. The molecule has 0 unspecified atom stereocenters. The van der Waals surface area contributed by atoms with E-state index in [4.69, 9.17) is 4.74 Å². The standard InChI is InChI=1S/C17H20O3S/c1-4-13-6-11-17(20-5-2)16(12-13)14-7-9-15(10-8-14)21(3,18)19/h6-12H,4-5H2,1-3H3. The van der Waals surface area contributed by atoms with Gasteiger partial charge in [0.15, 0.2) is 9.84 Å². The Bertz CT molecular complexity index is 716. The van der Waals surface area contributed by atoms with Crippen LogP contribution >= 0.6 is 0 Å². The van der Waals surface area contributed by atoms with Crippen LogP contribution in [0.2, 0.25) is 0 Å². The molecule has 0 N–H and O–H groups in total. The van der Waals surface area contributed by atoms with Crippen molar-refractivity contribution in [1.82, 2.24) is 0 Å². The zero-order valence-electron chi connectivity index (χ0n) is 12.6. The number of sulfone groups is 1. The zero-order valence-corrected chi connectivity index (χ0v) is 13.4. The molecular weight excluding hydrogens is 284 g/mol. The summed E-state index contributed by atoms with van der Waals surface area (Å²) in [6, 6.07) is 13.1. The van der Waals surface area contributed by atoms with E-state index in [1.165, 1.54) is 11.8 Å². The Kier molecular flexibility index (Phi) is 4.68. The van der Waals surface area contributed by atoms with Crippen molar-refractivity contribution in [1.29, 1.82) is 0 Å². The first-order valence-corrected chi connectivity index (χ1v) is 8.91. The van der Waals surface area contributed by atoms with E-state index in [0.29, 0.717) is 11.5 Å². The lowest BCUT2D eigenvalue weighted by atomic mass is 10.0. The first-order chi connectivity index (χ1) is 9.95. The van der Waals surface area contributed by atoms with Gasteiger partial charge in [0.2, 0.25) is 0 Å². The molecule has 0 amide bonds. The van der Waals surface area contributed by atoms with Gasteiger partial charge in [0.1, 0.15) is 5.75 Å². The highest BCUT2D eigenvalue weighted by molar-refractivity contribution is 7.90. The largest absolute Gasteiger partial charge is 0.493 e. The van der Waals surface area contributed by atoms with Gasteiger partial charge in [0, 0.05) is 11.8 Å². The third-order valence-corrected chi connectivity index (χ3v) is 4.47. The number of benzene rings is 2. The summed E-state index contributed by atoms with van der Waals surface area (Å²) < 4.78 is 28.7. The van der Waals surface area contributed by atoms with Gasteiger partial charge in [-0.15, -0.1) is 0 Å². The SMILES string of the molecule is CCOc1ccc(CC)cc1-c1ccc(S(C)(=O)=O)cc1.